The first kappa shape index (κ1) is 17.5. The van der Waals surface area contributed by atoms with Crippen molar-refractivity contribution in [3.8, 4) is 16.9 Å². The van der Waals surface area contributed by atoms with Gasteiger partial charge in [-0.15, -0.1) is 0 Å². The molecule has 1 amide bonds. The molecule has 27 heavy (non-hydrogen) atoms. The minimum atomic E-state index is -0.212. The Morgan fingerprint density at radius 2 is 1.78 bits per heavy atom. The minimum Gasteiger partial charge on any atom is -0.356 e. The van der Waals surface area contributed by atoms with Gasteiger partial charge in [0, 0.05) is 25.5 Å². The van der Waals surface area contributed by atoms with Gasteiger partial charge in [0.25, 0.3) is 11.5 Å². The predicted molar refractivity (Wildman–Crippen MR) is 104 cm³/mol. The van der Waals surface area contributed by atoms with Crippen LogP contribution >= 0.6 is 0 Å². The molecule has 1 fully saturated rings. The summed E-state index contributed by atoms with van der Waals surface area (Å²) in [5, 5.41) is 7.65. The number of carbonyl (C=O) groups is 1. The molecule has 1 N–H and O–H groups in total. The molecule has 3 aliphatic rings. The van der Waals surface area contributed by atoms with Crippen LogP contribution in [0.1, 0.15) is 48.9 Å². The van der Waals surface area contributed by atoms with Gasteiger partial charge in [0.15, 0.2) is 0 Å². The third-order valence-corrected chi connectivity index (χ3v) is 5.23. The number of benzene rings is 1. The van der Waals surface area contributed by atoms with E-state index in [2.05, 4.69) is 10.4 Å². The third-order valence-electron chi connectivity index (χ3n) is 5.23. The molecule has 6 heteroatoms. The lowest BCUT2D eigenvalue weighted by atomic mass is 10.1. The summed E-state index contributed by atoms with van der Waals surface area (Å²) in [4.78, 5) is 25.8. The number of aromatic nitrogens is 3. The summed E-state index contributed by atoms with van der Waals surface area (Å²) < 4.78 is 3.12. The average molecular weight is 364 g/mol. The SMILES string of the molecule is Cn1cc(C(=O)NC2CCCCCC2)c2nn(-c3ccccc3)c(=O)c-2c1. The molecule has 1 saturated carbocycles. The van der Waals surface area contributed by atoms with Crippen LogP contribution < -0.4 is 10.9 Å². The second-order valence-electron chi connectivity index (χ2n) is 7.31. The number of hydrogen-bond donors (Lipinski definition) is 1. The first-order valence-corrected chi connectivity index (χ1v) is 9.59. The Hall–Kier alpha value is -2.89. The summed E-state index contributed by atoms with van der Waals surface area (Å²) in [6, 6.07) is 9.48. The monoisotopic (exact) mass is 364 g/mol. The van der Waals surface area contributed by atoms with Gasteiger partial charge in [-0.25, -0.2) is 0 Å². The van der Waals surface area contributed by atoms with E-state index in [9.17, 15) is 9.59 Å². The number of nitrogens with one attached hydrogen (secondary N) is 1. The maximum Gasteiger partial charge on any atom is 0.282 e. The van der Waals surface area contributed by atoms with Crippen molar-refractivity contribution in [1.82, 2.24) is 19.7 Å². The lowest BCUT2D eigenvalue weighted by Crippen LogP contribution is -2.35. The number of aryl methyl sites for hydroxylation is 1. The number of amides is 1. The van der Waals surface area contributed by atoms with Crippen LogP contribution in [-0.4, -0.2) is 26.3 Å². The minimum absolute atomic E-state index is 0.152. The van der Waals surface area contributed by atoms with Gasteiger partial charge in [-0.1, -0.05) is 43.9 Å². The molecule has 0 bridgehead atoms. The van der Waals surface area contributed by atoms with Crippen LogP contribution in [0.15, 0.2) is 47.5 Å². The normalized spacial score (nSPS) is 15.6. The summed E-state index contributed by atoms with van der Waals surface area (Å²) in [5.41, 5.74) is 1.83. The zero-order chi connectivity index (χ0) is 18.8. The molecule has 1 aromatic carbocycles. The number of pyridine rings is 1. The highest BCUT2D eigenvalue weighted by molar-refractivity contribution is 6.00. The molecular formula is C21H24N4O2. The second kappa shape index (κ2) is 7.39. The number of hydrogen-bond acceptors (Lipinski definition) is 3. The van der Waals surface area contributed by atoms with Crippen LogP contribution in [0.25, 0.3) is 16.9 Å². The molecule has 0 aromatic heterocycles. The zero-order valence-electron chi connectivity index (χ0n) is 15.5. The first-order chi connectivity index (χ1) is 13.1. The van der Waals surface area contributed by atoms with Crippen molar-refractivity contribution in [2.24, 2.45) is 7.05 Å². The van der Waals surface area contributed by atoms with Gasteiger partial charge >= 0.3 is 0 Å². The van der Waals surface area contributed by atoms with Crippen LogP contribution in [0.5, 0.6) is 0 Å². The summed E-state index contributed by atoms with van der Waals surface area (Å²) in [5.74, 6) is -0.152. The average Bonchev–Trinajstić information content (AvgIpc) is 2.84. The summed E-state index contributed by atoms with van der Waals surface area (Å²) in [6.45, 7) is 0. The van der Waals surface area contributed by atoms with E-state index < -0.39 is 0 Å². The molecule has 2 heterocycles. The number of fused-ring (bicyclic) bond motifs is 1. The van der Waals surface area contributed by atoms with Crippen LogP contribution in [0, 0.1) is 0 Å². The second-order valence-corrected chi connectivity index (χ2v) is 7.31. The lowest BCUT2D eigenvalue weighted by molar-refractivity contribution is 0.0933. The Morgan fingerprint density at radius 3 is 2.48 bits per heavy atom. The van der Waals surface area contributed by atoms with Gasteiger partial charge in [0.1, 0.15) is 5.69 Å². The van der Waals surface area contributed by atoms with Gasteiger partial charge in [0.05, 0.1) is 16.8 Å². The third kappa shape index (κ3) is 3.52. The van der Waals surface area contributed by atoms with Crippen molar-refractivity contribution < 1.29 is 4.79 Å². The Kier molecular flexibility index (Phi) is 4.79. The summed E-state index contributed by atoms with van der Waals surface area (Å²) in [7, 11) is 1.82. The zero-order valence-corrected chi connectivity index (χ0v) is 15.5. The smallest absolute Gasteiger partial charge is 0.282 e. The highest BCUT2D eigenvalue weighted by Crippen LogP contribution is 2.23. The Morgan fingerprint density at radius 1 is 1.07 bits per heavy atom. The van der Waals surface area contributed by atoms with E-state index in [1.54, 1.807) is 17.0 Å². The van der Waals surface area contributed by atoms with Gasteiger partial charge in [0.2, 0.25) is 0 Å². The Labute approximate surface area is 158 Å². The van der Waals surface area contributed by atoms with Crippen LogP contribution in [0.3, 0.4) is 0 Å². The highest BCUT2D eigenvalue weighted by Gasteiger charge is 2.25. The number of carbonyl (C=O) groups excluding carboxylic acids is 1. The van der Waals surface area contributed by atoms with Crippen LogP contribution in [0.4, 0.5) is 0 Å². The topological polar surface area (TPSA) is 68.9 Å². The summed E-state index contributed by atoms with van der Waals surface area (Å²) >= 11 is 0. The van der Waals surface area contributed by atoms with Crippen molar-refractivity contribution in [1.29, 1.82) is 0 Å². The van der Waals surface area contributed by atoms with Crippen molar-refractivity contribution in [3.05, 3.63) is 58.6 Å². The van der Waals surface area contributed by atoms with E-state index in [0.29, 0.717) is 22.5 Å². The summed E-state index contributed by atoms with van der Waals surface area (Å²) in [6.07, 6.45) is 10.3. The van der Waals surface area contributed by atoms with Gasteiger partial charge < -0.3 is 9.88 Å². The molecule has 0 saturated heterocycles. The fourth-order valence-corrected chi connectivity index (χ4v) is 3.83. The standard InChI is InChI=1S/C21H24N4O2/c1-24-13-17(20(26)22-15-9-5-2-3-6-10-15)19-18(14-24)21(27)25(23-19)16-11-7-4-8-12-16/h4,7-8,11-15H,2-3,5-6,9-10H2,1H3,(H,22,26). The van der Waals surface area contributed by atoms with Gasteiger partial charge in [-0.05, 0) is 25.0 Å². The van der Waals surface area contributed by atoms with Gasteiger partial charge in [-0.2, -0.15) is 9.78 Å². The molecule has 140 valence electrons. The lowest BCUT2D eigenvalue weighted by Gasteiger charge is -2.17. The number of nitrogens with zero attached hydrogens (tertiary/aromatic N) is 3. The van der Waals surface area contributed by atoms with E-state index in [-0.39, 0.29) is 17.5 Å². The van der Waals surface area contributed by atoms with Crippen molar-refractivity contribution >= 4 is 5.91 Å². The van der Waals surface area contributed by atoms with Crippen LogP contribution in [0.2, 0.25) is 0 Å². The van der Waals surface area contributed by atoms with Gasteiger partial charge in [-0.3, -0.25) is 9.59 Å². The molecule has 1 aromatic rings. The van der Waals surface area contributed by atoms with E-state index >= 15 is 0 Å². The predicted octanol–water partition coefficient (Wildman–Crippen LogP) is 3.13. The fourth-order valence-electron chi connectivity index (χ4n) is 3.83. The quantitative estimate of drug-likeness (QED) is 0.726. The molecular weight excluding hydrogens is 340 g/mol. The number of para-hydroxylation sites is 1. The molecule has 0 unspecified atom stereocenters. The maximum atomic E-state index is 13.0. The van der Waals surface area contributed by atoms with E-state index in [4.69, 9.17) is 0 Å². The van der Waals surface area contributed by atoms with Crippen molar-refractivity contribution in [2.45, 2.75) is 44.6 Å². The molecule has 2 aliphatic heterocycles. The molecule has 4 rings (SSSR count). The van der Waals surface area contributed by atoms with E-state index in [1.165, 1.54) is 17.5 Å². The molecule has 0 atom stereocenters. The maximum absolute atomic E-state index is 13.0. The molecule has 0 radical (unpaired) electrons. The van der Waals surface area contributed by atoms with E-state index in [0.717, 1.165) is 25.7 Å². The van der Waals surface area contributed by atoms with Crippen molar-refractivity contribution in [3.63, 3.8) is 0 Å². The number of rotatable bonds is 3. The molecule has 6 nitrogen and oxygen atoms in total. The van der Waals surface area contributed by atoms with E-state index in [1.807, 2.05) is 37.4 Å². The first-order valence-electron chi connectivity index (χ1n) is 9.59. The highest BCUT2D eigenvalue weighted by atomic mass is 16.2. The Balaban J connectivity index is 1.72. The largest absolute Gasteiger partial charge is 0.356 e. The molecule has 1 aliphatic carbocycles. The molecule has 0 spiro atoms. The van der Waals surface area contributed by atoms with Crippen LogP contribution in [-0.2, 0) is 7.05 Å². The van der Waals surface area contributed by atoms with Crippen molar-refractivity contribution in [2.75, 3.05) is 0 Å². The Bertz CT molecular complexity index is 966. The fraction of sp³-hybridized carbons (Fsp3) is 0.381.